The van der Waals surface area contributed by atoms with E-state index in [-0.39, 0.29) is 10.6 Å². The number of aromatic carboxylic acids is 1. The number of halogens is 1. The lowest BCUT2D eigenvalue weighted by Gasteiger charge is -2.31. The molecule has 1 saturated carbocycles. The second-order valence-electron chi connectivity index (χ2n) is 4.48. The standard InChI is InChI=1S/C12H15ClN2O2/c1-15(7-8-3-2-4-8)11-10(13)9(12(16)17)5-6-14-11/h5-6,8H,2-4,7H2,1H3,(H,16,17). The minimum atomic E-state index is -1.02. The molecule has 0 bridgehead atoms. The molecule has 5 heteroatoms. The average molecular weight is 255 g/mol. The van der Waals surface area contributed by atoms with Gasteiger partial charge < -0.3 is 10.0 Å². The van der Waals surface area contributed by atoms with Gasteiger partial charge in [0.1, 0.15) is 5.82 Å². The number of pyridine rings is 1. The van der Waals surface area contributed by atoms with E-state index in [0.717, 1.165) is 6.54 Å². The van der Waals surface area contributed by atoms with Gasteiger partial charge in [0.25, 0.3) is 0 Å². The molecule has 1 aliphatic rings. The summed E-state index contributed by atoms with van der Waals surface area (Å²) in [7, 11) is 1.90. The number of rotatable bonds is 4. The lowest BCUT2D eigenvalue weighted by molar-refractivity contribution is 0.0697. The fraction of sp³-hybridized carbons (Fsp3) is 0.500. The Balaban J connectivity index is 2.18. The van der Waals surface area contributed by atoms with Crippen molar-refractivity contribution < 1.29 is 9.90 Å². The van der Waals surface area contributed by atoms with Crippen LogP contribution in [-0.4, -0.2) is 29.7 Å². The van der Waals surface area contributed by atoms with E-state index in [4.69, 9.17) is 16.7 Å². The second kappa shape index (κ2) is 4.92. The Morgan fingerprint density at radius 2 is 2.35 bits per heavy atom. The number of nitrogens with zero attached hydrogens (tertiary/aromatic N) is 2. The predicted octanol–water partition coefficient (Wildman–Crippen LogP) is 2.67. The molecule has 0 atom stereocenters. The maximum Gasteiger partial charge on any atom is 0.337 e. The second-order valence-corrected chi connectivity index (χ2v) is 4.86. The molecule has 0 amide bonds. The number of carboxylic acid groups (broad SMARTS) is 1. The van der Waals surface area contributed by atoms with Crippen molar-refractivity contribution >= 4 is 23.4 Å². The van der Waals surface area contributed by atoms with Gasteiger partial charge in [-0.2, -0.15) is 0 Å². The van der Waals surface area contributed by atoms with Gasteiger partial charge in [-0.1, -0.05) is 18.0 Å². The van der Waals surface area contributed by atoms with Crippen molar-refractivity contribution in [2.75, 3.05) is 18.5 Å². The highest BCUT2D eigenvalue weighted by Crippen LogP contribution is 2.31. The summed E-state index contributed by atoms with van der Waals surface area (Å²) in [5, 5.41) is 9.20. The first-order chi connectivity index (χ1) is 8.09. The molecule has 1 aromatic heterocycles. The normalized spacial score (nSPS) is 15.4. The number of carbonyl (C=O) groups is 1. The van der Waals surface area contributed by atoms with Crippen molar-refractivity contribution in [1.29, 1.82) is 0 Å². The molecule has 1 fully saturated rings. The van der Waals surface area contributed by atoms with E-state index in [0.29, 0.717) is 11.7 Å². The molecule has 1 aliphatic carbocycles. The number of hydrogen-bond donors (Lipinski definition) is 1. The van der Waals surface area contributed by atoms with E-state index < -0.39 is 5.97 Å². The molecule has 1 aromatic rings. The lowest BCUT2D eigenvalue weighted by Crippen LogP contribution is -2.30. The minimum Gasteiger partial charge on any atom is -0.478 e. The van der Waals surface area contributed by atoms with Crippen LogP contribution >= 0.6 is 11.6 Å². The van der Waals surface area contributed by atoms with Gasteiger partial charge in [0.2, 0.25) is 0 Å². The van der Waals surface area contributed by atoms with Gasteiger partial charge in [0.15, 0.2) is 0 Å². The van der Waals surface area contributed by atoms with Gasteiger partial charge in [-0.3, -0.25) is 0 Å². The highest BCUT2D eigenvalue weighted by atomic mass is 35.5. The van der Waals surface area contributed by atoms with E-state index in [1.54, 1.807) is 0 Å². The predicted molar refractivity (Wildman–Crippen MR) is 66.8 cm³/mol. The zero-order chi connectivity index (χ0) is 12.4. The molecular formula is C12H15ClN2O2. The highest BCUT2D eigenvalue weighted by Gasteiger charge is 2.22. The first kappa shape index (κ1) is 12.2. The third-order valence-corrected chi connectivity index (χ3v) is 3.59. The lowest BCUT2D eigenvalue weighted by atomic mass is 9.85. The Bertz CT molecular complexity index is 433. The highest BCUT2D eigenvalue weighted by molar-refractivity contribution is 6.35. The van der Waals surface area contributed by atoms with Crippen molar-refractivity contribution in [3.8, 4) is 0 Å². The Morgan fingerprint density at radius 3 is 2.88 bits per heavy atom. The number of hydrogen-bond acceptors (Lipinski definition) is 3. The van der Waals surface area contributed by atoms with Crippen LogP contribution in [0, 0.1) is 5.92 Å². The summed E-state index contributed by atoms with van der Waals surface area (Å²) in [4.78, 5) is 17.1. The first-order valence-electron chi connectivity index (χ1n) is 5.68. The Kier molecular flexibility index (Phi) is 3.52. The summed E-state index contributed by atoms with van der Waals surface area (Å²) in [6.07, 6.45) is 5.25. The van der Waals surface area contributed by atoms with Gasteiger partial charge in [0.05, 0.1) is 10.6 Å². The Hall–Kier alpha value is -1.29. The van der Waals surface area contributed by atoms with Crippen LogP contribution in [0.2, 0.25) is 5.02 Å². The van der Waals surface area contributed by atoms with Crippen LogP contribution in [-0.2, 0) is 0 Å². The molecule has 0 unspecified atom stereocenters. The molecule has 1 N–H and O–H groups in total. The van der Waals surface area contributed by atoms with E-state index in [9.17, 15) is 4.79 Å². The molecule has 0 aromatic carbocycles. The summed E-state index contributed by atoms with van der Waals surface area (Å²) < 4.78 is 0. The number of carboxylic acids is 1. The van der Waals surface area contributed by atoms with Crippen LogP contribution in [0.25, 0.3) is 0 Å². The smallest absolute Gasteiger partial charge is 0.337 e. The molecule has 0 saturated heterocycles. The zero-order valence-corrected chi connectivity index (χ0v) is 10.4. The molecule has 0 aliphatic heterocycles. The quantitative estimate of drug-likeness (QED) is 0.898. The third-order valence-electron chi connectivity index (χ3n) is 3.22. The van der Waals surface area contributed by atoms with E-state index >= 15 is 0 Å². The molecular weight excluding hydrogens is 240 g/mol. The maximum atomic E-state index is 11.0. The minimum absolute atomic E-state index is 0.108. The monoisotopic (exact) mass is 254 g/mol. The van der Waals surface area contributed by atoms with Crippen molar-refractivity contribution in [2.45, 2.75) is 19.3 Å². The van der Waals surface area contributed by atoms with Crippen LogP contribution in [0.4, 0.5) is 5.82 Å². The summed E-state index contributed by atoms with van der Waals surface area (Å²) in [6.45, 7) is 0.885. The van der Waals surface area contributed by atoms with E-state index in [1.165, 1.54) is 31.5 Å². The summed E-state index contributed by atoms with van der Waals surface area (Å²) in [5.41, 5.74) is 0.108. The van der Waals surface area contributed by atoms with Crippen LogP contribution < -0.4 is 4.90 Å². The molecule has 0 spiro atoms. The first-order valence-corrected chi connectivity index (χ1v) is 6.06. The third kappa shape index (κ3) is 2.52. The molecule has 17 heavy (non-hydrogen) atoms. The SMILES string of the molecule is CN(CC1CCC1)c1nccc(C(=O)O)c1Cl. The van der Waals surface area contributed by atoms with Gasteiger partial charge in [-0.25, -0.2) is 9.78 Å². The van der Waals surface area contributed by atoms with Crippen LogP contribution in [0.3, 0.4) is 0 Å². The van der Waals surface area contributed by atoms with Crippen molar-refractivity contribution in [3.63, 3.8) is 0 Å². The Labute approximate surface area is 105 Å². The molecule has 1 heterocycles. The largest absolute Gasteiger partial charge is 0.478 e. The van der Waals surface area contributed by atoms with Crippen LogP contribution in [0.15, 0.2) is 12.3 Å². The van der Waals surface area contributed by atoms with E-state index in [2.05, 4.69) is 4.98 Å². The summed E-state index contributed by atoms with van der Waals surface area (Å²) >= 11 is 6.06. The number of anilines is 1. The topological polar surface area (TPSA) is 53.4 Å². The van der Waals surface area contributed by atoms with E-state index in [1.807, 2.05) is 11.9 Å². The number of aromatic nitrogens is 1. The van der Waals surface area contributed by atoms with Gasteiger partial charge in [-0.15, -0.1) is 0 Å². The summed E-state index contributed by atoms with van der Waals surface area (Å²) in [5.74, 6) is 0.223. The Morgan fingerprint density at radius 1 is 1.65 bits per heavy atom. The van der Waals surface area contributed by atoms with Gasteiger partial charge in [0, 0.05) is 19.8 Å². The van der Waals surface area contributed by atoms with Gasteiger partial charge >= 0.3 is 5.97 Å². The van der Waals surface area contributed by atoms with Crippen molar-refractivity contribution in [1.82, 2.24) is 4.98 Å². The molecule has 92 valence electrons. The van der Waals surface area contributed by atoms with Crippen molar-refractivity contribution in [3.05, 3.63) is 22.8 Å². The fourth-order valence-corrected chi connectivity index (χ4v) is 2.35. The van der Waals surface area contributed by atoms with Crippen LogP contribution in [0.1, 0.15) is 29.6 Å². The fourth-order valence-electron chi connectivity index (χ4n) is 2.01. The van der Waals surface area contributed by atoms with Crippen molar-refractivity contribution in [2.24, 2.45) is 5.92 Å². The summed E-state index contributed by atoms with van der Waals surface area (Å²) in [6, 6.07) is 1.42. The molecule has 0 radical (unpaired) electrons. The van der Waals surface area contributed by atoms with Crippen LogP contribution in [0.5, 0.6) is 0 Å². The zero-order valence-electron chi connectivity index (χ0n) is 9.69. The molecule has 2 rings (SSSR count). The maximum absolute atomic E-state index is 11.0. The molecule has 4 nitrogen and oxygen atoms in total. The average Bonchev–Trinajstić information content (AvgIpc) is 2.23. The van der Waals surface area contributed by atoms with Gasteiger partial charge in [-0.05, 0) is 24.8 Å².